The molecule has 1 aromatic heterocycles. The largest absolute Gasteiger partial charge is 0.487 e. The van der Waals surface area contributed by atoms with Crippen molar-refractivity contribution in [1.82, 2.24) is 4.90 Å². The molecule has 1 atom stereocenters. The van der Waals surface area contributed by atoms with Crippen molar-refractivity contribution in [2.45, 2.75) is 32.8 Å². The molecule has 1 aliphatic heterocycles. The normalized spacial score (nSPS) is 17.0. The topological polar surface area (TPSA) is 58.6 Å². The van der Waals surface area contributed by atoms with E-state index in [1.54, 1.807) is 23.1 Å². The lowest BCUT2D eigenvalue weighted by atomic mass is 9.96. The van der Waals surface area contributed by atoms with Gasteiger partial charge >= 0.3 is 0 Å². The second-order valence-corrected chi connectivity index (χ2v) is 8.19. The molecule has 0 aliphatic carbocycles. The molecule has 1 N–H and O–H groups in total. The van der Waals surface area contributed by atoms with Crippen molar-refractivity contribution >= 4 is 40.4 Å². The molecule has 144 valence electrons. The lowest BCUT2D eigenvalue weighted by molar-refractivity contribution is -0.121. The highest BCUT2D eigenvalue weighted by Crippen LogP contribution is 2.34. The number of para-hydroxylation sites is 1. The average molecular weight is 407 g/mol. The van der Waals surface area contributed by atoms with Crippen LogP contribution >= 0.6 is 22.9 Å². The van der Waals surface area contributed by atoms with E-state index >= 15 is 0 Å². The number of carbonyl (C=O) groups is 2. The van der Waals surface area contributed by atoms with E-state index in [4.69, 9.17) is 16.3 Å². The van der Waals surface area contributed by atoms with Gasteiger partial charge in [-0.2, -0.15) is 0 Å². The lowest BCUT2D eigenvalue weighted by Crippen LogP contribution is -2.43. The molecule has 2 heterocycles. The van der Waals surface area contributed by atoms with Gasteiger partial charge < -0.3 is 15.0 Å². The Bertz CT molecular complexity index is 808. The summed E-state index contributed by atoms with van der Waals surface area (Å²) in [7, 11) is 0. The van der Waals surface area contributed by atoms with Crippen LogP contribution in [0, 0.1) is 5.92 Å². The van der Waals surface area contributed by atoms with Gasteiger partial charge in [0.15, 0.2) is 5.75 Å². The van der Waals surface area contributed by atoms with Crippen molar-refractivity contribution in [3.05, 3.63) is 45.6 Å². The third-order valence-corrected chi connectivity index (χ3v) is 5.55. The summed E-state index contributed by atoms with van der Waals surface area (Å²) in [5, 5.41) is 5.28. The Morgan fingerprint density at radius 3 is 2.81 bits per heavy atom. The van der Waals surface area contributed by atoms with Crippen LogP contribution in [0.3, 0.4) is 0 Å². The van der Waals surface area contributed by atoms with Crippen LogP contribution < -0.4 is 10.1 Å². The van der Waals surface area contributed by atoms with E-state index < -0.39 is 0 Å². The summed E-state index contributed by atoms with van der Waals surface area (Å²) in [6, 6.07) is 8.97. The number of anilines is 1. The molecular formula is C20H23ClN2O3S. The van der Waals surface area contributed by atoms with Gasteiger partial charge in [0.25, 0.3) is 5.91 Å². The number of thiophene rings is 1. The van der Waals surface area contributed by atoms with Crippen LogP contribution in [-0.4, -0.2) is 35.9 Å². The van der Waals surface area contributed by atoms with Gasteiger partial charge in [0.05, 0.1) is 27.6 Å². The summed E-state index contributed by atoms with van der Waals surface area (Å²) in [5.74, 6) is 0.0991. The Balaban J connectivity index is 1.69. The standard InChI is InChI=1S/C20H23ClN2O3S/c1-13(2)26-18-15(21)7-3-8-16(18)22-19(24)14-6-4-10-23(12-14)20(25)17-9-5-11-27-17/h3,5,7-9,11,13-14H,4,6,10,12H2,1-2H3,(H,22,24). The first-order chi connectivity index (χ1) is 13.0. The van der Waals surface area contributed by atoms with Crippen molar-refractivity contribution in [3.63, 3.8) is 0 Å². The number of nitrogens with zero attached hydrogens (tertiary/aromatic N) is 1. The van der Waals surface area contributed by atoms with Crippen LogP contribution in [0.15, 0.2) is 35.7 Å². The molecule has 5 nitrogen and oxygen atoms in total. The highest BCUT2D eigenvalue weighted by molar-refractivity contribution is 7.12. The predicted octanol–water partition coefficient (Wildman–Crippen LogP) is 4.68. The van der Waals surface area contributed by atoms with E-state index in [-0.39, 0.29) is 23.8 Å². The van der Waals surface area contributed by atoms with Gasteiger partial charge in [-0.25, -0.2) is 0 Å². The van der Waals surface area contributed by atoms with E-state index in [1.165, 1.54) is 11.3 Å². The third-order valence-electron chi connectivity index (χ3n) is 4.39. The van der Waals surface area contributed by atoms with Gasteiger partial charge in [0.1, 0.15) is 0 Å². The zero-order valence-corrected chi connectivity index (χ0v) is 17.0. The van der Waals surface area contributed by atoms with Gasteiger partial charge in [0, 0.05) is 13.1 Å². The number of piperidine rings is 1. The fraction of sp³-hybridized carbons (Fsp3) is 0.400. The van der Waals surface area contributed by atoms with Crippen LogP contribution in [0.4, 0.5) is 5.69 Å². The van der Waals surface area contributed by atoms with Gasteiger partial charge in [-0.1, -0.05) is 23.7 Å². The van der Waals surface area contributed by atoms with Crippen LogP contribution in [0.5, 0.6) is 5.75 Å². The number of ether oxygens (including phenoxy) is 1. The number of halogens is 1. The van der Waals surface area contributed by atoms with E-state index in [1.807, 2.05) is 31.4 Å². The van der Waals surface area contributed by atoms with Gasteiger partial charge in [-0.3, -0.25) is 9.59 Å². The highest BCUT2D eigenvalue weighted by Gasteiger charge is 2.30. The van der Waals surface area contributed by atoms with Gasteiger partial charge in [0.2, 0.25) is 5.91 Å². The first-order valence-electron chi connectivity index (χ1n) is 9.04. The molecule has 3 rings (SSSR count). The Hall–Kier alpha value is -2.05. The Morgan fingerprint density at radius 1 is 1.30 bits per heavy atom. The fourth-order valence-corrected chi connectivity index (χ4v) is 4.04. The molecule has 0 radical (unpaired) electrons. The summed E-state index contributed by atoms with van der Waals surface area (Å²) in [5.41, 5.74) is 0.558. The van der Waals surface area contributed by atoms with Crippen molar-refractivity contribution in [2.75, 3.05) is 18.4 Å². The summed E-state index contributed by atoms with van der Waals surface area (Å²) in [6.45, 7) is 4.91. The average Bonchev–Trinajstić information content (AvgIpc) is 3.18. The monoisotopic (exact) mass is 406 g/mol. The van der Waals surface area contributed by atoms with E-state index in [2.05, 4.69) is 5.32 Å². The lowest BCUT2D eigenvalue weighted by Gasteiger charge is -2.32. The molecule has 0 spiro atoms. The third kappa shape index (κ3) is 4.82. The molecule has 1 aromatic carbocycles. The number of likely N-dealkylation sites (tertiary alicyclic amines) is 1. The fourth-order valence-electron chi connectivity index (χ4n) is 3.13. The molecule has 7 heteroatoms. The molecule has 1 unspecified atom stereocenters. The number of carbonyl (C=O) groups excluding carboxylic acids is 2. The molecule has 1 saturated heterocycles. The van der Waals surface area contributed by atoms with Crippen LogP contribution in [0.25, 0.3) is 0 Å². The molecule has 2 aromatic rings. The zero-order valence-electron chi connectivity index (χ0n) is 15.4. The number of hydrogen-bond donors (Lipinski definition) is 1. The molecule has 1 aliphatic rings. The minimum absolute atomic E-state index is 0.00548. The second kappa shape index (κ2) is 8.76. The molecule has 1 fully saturated rings. The molecule has 27 heavy (non-hydrogen) atoms. The first-order valence-corrected chi connectivity index (χ1v) is 10.3. The highest BCUT2D eigenvalue weighted by atomic mass is 35.5. The SMILES string of the molecule is CC(C)Oc1c(Cl)cccc1NC(=O)C1CCCN(C(=O)c2cccs2)C1. The van der Waals surface area contributed by atoms with Crippen molar-refractivity contribution in [1.29, 1.82) is 0 Å². The molecule has 0 bridgehead atoms. The van der Waals surface area contributed by atoms with E-state index in [0.717, 1.165) is 12.8 Å². The van der Waals surface area contributed by atoms with Crippen LogP contribution in [0.2, 0.25) is 5.02 Å². The van der Waals surface area contributed by atoms with E-state index in [0.29, 0.717) is 34.4 Å². The van der Waals surface area contributed by atoms with Crippen LogP contribution in [-0.2, 0) is 4.79 Å². The quantitative estimate of drug-likeness (QED) is 0.784. The predicted molar refractivity (Wildman–Crippen MR) is 109 cm³/mol. The van der Waals surface area contributed by atoms with Gasteiger partial charge in [-0.15, -0.1) is 11.3 Å². The summed E-state index contributed by atoms with van der Waals surface area (Å²) in [6.07, 6.45) is 1.50. The van der Waals surface area contributed by atoms with Crippen LogP contribution in [0.1, 0.15) is 36.4 Å². The van der Waals surface area contributed by atoms with Crippen molar-refractivity contribution < 1.29 is 14.3 Å². The van der Waals surface area contributed by atoms with Crippen molar-refractivity contribution in [2.24, 2.45) is 5.92 Å². The number of hydrogen-bond acceptors (Lipinski definition) is 4. The second-order valence-electron chi connectivity index (χ2n) is 6.84. The minimum atomic E-state index is -0.256. The number of amides is 2. The van der Waals surface area contributed by atoms with Crippen molar-refractivity contribution in [3.8, 4) is 5.75 Å². The maximum Gasteiger partial charge on any atom is 0.263 e. The maximum atomic E-state index is 12.8. The smallest absolute Gasteiger partial charge is 0.263 e. The van der Waals surface area contributed by atoms with Gasteiger partial charge in [-0.05, 0) is 50.3 Å². The maximum absolute atomic E-state index is 12.8. The molecule has 0 saturated carbocycles. The Kier molecular flexibility index (Phi) is 6.39. The number of benzene rings is 1. The first kappa shape index (κ1) is 19.7. The summed E-state index contributed by atoms with van der Waals surface area (Å²) < 4.78 is 5.76. The molecular weight excluding hydrogens is 384 g/mol. The minimum Gasteiger partial charge on any atom is -0.487 e. The number of nitrogens with one attached hydrogen (secondary N) is 1. The zero-order chi connectivity index (χ0) is 19.4. The number of rotatable bonds is 5. The molecule has 2 amide bonds. The summed E-state index contributed by atoms with van der Waals surface area (Å²) in [4.78, 5) is 27.9. The Labute approximate surface area is 168 Å². The van der Waals surface area contributed by atoms with E-state index in [9.17, 15) is 9.59 Å². The Morgan fingerprint density at radius 2 is 2.11 bits per heavy atom. The summed E-state index contributed by atoms with van der Waals surface area (Å²) >= 11 is 7.66.